The maximum absolute atomic E-state index is 11.5. The molecule has 1 aromatic rings. The lowest BCUT2D eigenvalue weighted by Gasteiger charge is -2.05. The van der Waals surface area contributed by atoms with Crippen molar-refractivity contribution in [2.45, 2.75) is 19.1 Å². The Morgan fingerprint density at radius 2 is 2.06 bits per heavy atom. The second-order valence-electron chi connectivity index (χ2n) is 3.62. The van der Waals surface area contributed by atoms with Gasteiger partial charge in [0.25, 0.3) is 5.56 Å². The highest BCUT2D eigenvalue weighted by molar-refractivity contribution is 7.89. The minimum atomic E-state index is -3.22. The van der Waals surface area contributed by atoms with E-state index in [2.05, 4.69) is 9.97 Å². The van der Waals surface area contributed by atoms with Gasteiger partial charge >= 0.3 is 0 Å². The SMILES string of the molecule is Cc1nc(CS(C)(=O)=O)[nH]c(=O)c1CCO. The molecule has 7 heteroatoms. The number of aromatic amines is 1. The summed E-state index contributed by atoms with van der Waals surface area (Å²) in [5, 5.41) is 8.75. The molecule has 0 amide bonds. The molecule has 0 aliphatic rings. The van der Waals surface area contributed by atoms with Crippen molar-refractivity contribution in [1.29, 1.82) is 0 Å². The molecule has 0 fully saturated rings. The zero-order valence-corrected chi connectivity index (χ0v) is 9.97. The number of nitrogens with zero attached hydrogens (tertiary/aromatic N) is 1. The fourth-order valence-electron chi connectivity index (χ4n) is 1.39. The molecule has 0 radical (unpaired) electrons. The van der Waals surface area contributed by atoms with E-state index < -0.39 is 9.84 Å². The Hall–Kier alpha value is -1.21. The molecule has 0 atom stereocenters. The van der Waals surface area contributed by atoms with E-state index in [9.17, 15) is 13.2 Å². The number of aromatic nitrogens is 2. The van der Waals surface area contributed by atoms with E-state index in [0.717, 1.165) is 6.26 Å². The number of rotatable bonds is 4. The van der Waals surface area contributed by atoms with Gasteiger partial charge in [-0.1, -0.05) is 0 Å². The summed E-state index contributed by atoms with van der Waals surface area (Å²) < 4.78 is 22.1. The van der Waals surface area contributed by atoms with Gasteiger partial charge in [0, 0.05) is 30.5 Å². The van der Waals surface area contributed by atoms with E-state index in [4.69, 9.17) is 5.11 Å². The number of H-pyrrole nitrogens is 1. The van der Waals surface area contributed by atoms with Crippen molar-refractivity contribution in [2.24, 2.45) is 0 Å². The van der Waals surface area contributed by atoms with Gasteiger partial charge in [-0.15, -0.1) is 0 Å². The number of aryl methyl sites for hydroxylation is 1. The highest BCUT2D eigenvalue weighted by atomic mass is 32.2. The van der Waals surface area contributed by atoms with Crippen LogP contribution in [0.5, 0.6) is 0 Å². The van der Waals surface area contributed by atoms with Crippen molar-refractivity contribution in [2.75, 3.05) is 12.9 Å². The van der Waals surface area contributed by atoms with Gasteiger partial charge in [0.15, 0.2) is 9.84 Å². The first kappa shape index (κ1) is 12.9. The quantitative estimate of drug-likeness (QED) is 0.721. The van der Waals surface area contributed by atoms with Crippen LogP contribution in [0.15, 0.2) is 4.79 Å². The Bertz CT molecular complexity index is 533. The van der Waals surface area contributed by atoms with E-state index in [-0.39, 0.29) is 30.2 Å². The second-order valence-corrected chi connectivity index (χ2v) is 5.76. The number of hydrogen-bond acceptors (Lipinski definition) is 5. The first-order valence-corrected chi connectivity index (χ1v) is 6.77. The molecule has 1 rings (SSSR count). The summed E-state index contributed by atoms with van der Waals surface area (Å²) in [4.78, 5) is 17.9. The monoisotopic (exact) mass is 246 g/mol. The molecule has 0 saturated heterocycles. The Balaban J connectivity index is 3.15. The fraction of sp³-hybridized carbons (Fsp3) is 0.556. The van der Waals surface area contributed by atoms with Crippen molar-refractivity contribution in [3.63, 3.8) is 0 Å². The molecule has 2 N–H and O–H groups in total. The molecule has 90 valence electrons. The smallest absolute Gasteiger partial charge is 0.254 e. The van der Waals surface area contributed by atoms with Crippen molar-refractivity contribution < 1.29 is 13.5 Å². The van der Waals surface area contributed by atoms with Crippen molar-refractivity contribution in [1.82, 2.24) is 9.97 Å². The molecule has 1 heterocycles. The number of hydrogen-bond donors (Lipinski definition) is 2. The summed E-state index contributed by atoms with van der Waals surface area (Å²) in [5.41, 5.74) is 0.455. The first-order valence-electron chi connectivity index (χ1n) is 4.70. The zero-order valence-electron chi connectivity index (χ0n) is 9.15. The fourth-order valence-corrected chi connectivity index (χ4v) is 2.03. The number of sulfone groups is 1. The Morgan fingerprint density at radius 1 is 1.44 bits per heavy atom. The van der Waals surface area contributed by atoms with Crippen LogP contribution >= 0.6 is 0 Å². The average Bonchev–Trinajstić information content (AvgIpc) is 2.08. The topological polar surface area (TPSA) is 100 Å². The Kier molecular flexibility index (Phi) is 3.82. The molecule has 0 unspecified atom stereocenters. The maximum Gasteiger partial charge on any atom is 0.254 e. The zero-order chi connectivity index (χ0) is 12.3. The Morgan fingerprint density at radius 3 is 2.50 bits per heavy atom. The van der Waals surface area contributed by atoms with Crippen LogP contribution in [-0.4, -0.2) is 36.4 Å². The normalized spacial score (nSPS) is 11.7. The predicted octanol–water partition coefficient (Wildman–Crippen LogP) is -0.842. The van der Waals surface area contributed by atoms with E-state index in [1.807, 2.05) is 0 Å². The molecule has 0 aromatic carbocycles. The van der Waals surface area contributed by atoms with Gasteiger partial charge < -0.3 is 10.1 Å². The maximum atomic E-state index is 11.5. The summed E-state index contributed by atoms with van der Waals surface area (Å²) in [6.45, 7) is 1.48. The van der Waals surface area contributed by atoms with E-state index in [1.165, 1.54) is 0 Å². The van der Waals surface area contributed by atoms with E-state index in [1.54, 1.807) is 6.92 Å². The number of aliphatic hydroxyl groups excluding tert-OH is 1. The van der Waals surface area contributed by atoms with Gasteiger partial charge in [-0.3, -0.25) is 4.79 Å². The molecule has 0 bridgehead atoms. The number of nitrogens with one attached hydrogen (secondary N) is 1. The molecule has 0 saturated carbocycles. The van der Waals surface area contributed by atoms with Crippen LogP contribution in [0.3, 0.4) is 0 Å². The van der Waals surface area contributed by atoms with Crippen LogP contribution in [0, 0.1) is 6.92 Å². The van der Waals surface area contributed by atoms with Crippen molar-refractivity contribution in [3.8, 4) is 0 Å². The third-order valence-electron chi connectivity index (χ3n) is 2.03. The summed E-state index contributed by atoms with van der Waals surface area (Å²) in [5.74, 6) is -0.158. The molecule has 6 nitrogen and oxygen atoms in total. The molecule has 16 heavy (non-hydrogen) atoms. The third kappa shape index (κ3) is 3.42. The summed E-state index contributed by atoms with van der Waals surface area (Å²) in [6.07, 6.45) is 1.29. The van der Waals surface area contributed by atoms with Gasteiger partial charge in [-0.05, 0) is 6.92 Å². The molecular formula is C9H14N2O4S. The van der Waals surface area contributed by atoms with Gasteiger partial charge in [0.05, 0.1) is 0 Å². The summed E-state index contributed by atoms with van der Waals surface area (Å²) in [6, 6.07) is 0. The first-order chi connectivity index (χ1) is 7.33. The average molecular weight is 246 g/mol. The highest BCUT2D eigenvalue weighted by Gasteiger charge is 2.11. The molecule has 1 aromatic heterocycles. The highest BCUT2D eigenvalue weighted by Crippen LogP contribution is 2.02. The lowest BCUT2D eigenvalue weighted by atomic mass is 10.2. The lowest BCUT2D eigenvalue weighted by molar-refractivity contribution is 0.298. The van der Waals surface area contributed by atoms with E-state index in [0.29, 0.717) is 11.3 Å². The summed E-state index contributed by atoms with van der Waals surface area (Å²) >= 11 is 0. The van der Waals surface area contributed by atoms with Crippen LogP contribution in [-0.2, 0) is 22.0 Å². The minimum absolute atomic E-state index is 0.131. The van der Waals surface area contributed by atoms with Crippen LogP contribution in [0.1, 0.15) is 17.1 Å². The van der Waals surface area contributed by atoms with Crippen molar-refractivity contribution >= 4 is 9.84 Å². The van der Waals surface area contributed by atoms with Crippen molar-refractivity contribution in [3.05, 3.63) is 27.4 Å². The van der Waals surface area contributed by atoms with Gasteiger partial charge in [0.1, 0.15) is 11.6 Å². The minimum Gasteiger partial charge on any atom is -0.396 e. The molecule has 0 spiro atoms. The standard InChI is InChI=1S/C9H14N2O4S/c1-6-7(3-4-12)9(13)11-8(10-6)5-16(2,14)15/h12H,3-5H2,1-2H3,(H,10,11,13). The van der Waals surface area contributed by atoms with Gasteiger partial charge in [-0.25, -0.2) is 13.4 Å². The second kappa shape index (κ2) is 4.75. The van der Waals surface area contributed by atoms with Gasteiger partial charge in [-0.2, -0.15) is 0 Å². The largest absolute Gasteiger partial charge is 0.396 e. The van der Waals surface area contributed by atoms with Gasteiger partial charge in [0.2, 0.25) is 0 Å². The number of aliphatic hydroxyl groups is 1. The third-order valence-corrected chi connectivity index (χ3v) is 2.83. The van der Waals surface area contributed by atoms with E-state index >= 15 is 0 Å². The predicted molar refractivity (Wildman–Crippen MR) is 58.9 cm³/mol. The molecular weight excluding hydrogens is 232 g/mol. The van der Waals surface area contributed by atoms with Crippen LogP contribution in [0.4, 0.5) is 0 Å². The Labute approximate surface area is 93.3 Å². The molecule has 0 aliphatic carbocycles. The molecule has 0 aliphatic heterocycles. The van der Waals surface area contributed by atoms with Crippen LogP contribution in [0.2, 0.25) is 0 Å². The van der Waals surface area contributed by atoms with Crippen LogP contribution in [0.25, 0.3) is 0 Å². The summed E-state index contributed by atoms with van der Waals surface area (Å²) in [7, 11) is -3.22. The lowest BCUT2D eigenvalue weighted by Crippen LogP contribution is -2.21. The van der Waals surface area contributed by atoms with Crippen LogP contribution < -0.4 is 5.56 Å².